The van der Waals surface area contributed by atoms with Crippen molar-refractivity contribution in [2.75, 3.05) is 24.2 Å². The molecule has 0 bridgehead atoms. The van der Waals surface area contributed by atoms with E-state index in [-0.39, 0.29) is 0 Å². The van der Waals surface area contributed by atoms with Crippen LogP contribution in [0.25, 0.3) is 0 Å². The fraction of sp³-hybridized carbons (Fsp3) is 0.556. The molecule has 3 nitrogen and oxygen atoms in total. The summed E-state index contributed by atoms with van der Waals surface area (Å²) in [5.41, 5.74) is 0. The molecule has 0 N–H and O–H groups in total. The summed E-state index contributed by atoms with van der Waals surface area (Å²) in [6.45, 7) is 6.05. The van der Waals surface area contributed by atoms with Gasteiger partial charge in [0.2, 0.25) is 0 Å². The minimum absolute atomic E-state index is 0.506. The van der Waals surface area contributed by atoms with Gasteiger partial charge in [-0.1, -0.05) is 23.4 Å². The summed E-state index contributed by atoms with van der Waals surface area (Å²) in [5.74, 6) is 0.902. The van der Waals surface area contributed by atoms with Gasteiger partial charge in [0.15, 0.2) is 5.16 Å². The SMILES string of the molecule is CCN(CC)c1cc(Cl)nc(SC)n1. The maximum atomic E-state index is 5.90. The summed E-state index contributed by atoms with van der Waals surface area (Å²) in [4.78, 5) is 10.6. The Morgan fingerprint density at radius 1 is 1.36 bits per heavy atom. The Hall–Kier alpha value is -0.480. The van der Waals surface area contributed by atoms with E-state index in [1.54, 1.807) is 6.07 Å². The smallest absolute Gasteiger partial charge is 0.190 e. The first-order valence-electron chi connectivity index (χ1n) is 4.54. The highest BCUT2D eigenvalue weighted by Crippen LogP contribution is 2.19. The summed E-state index contributed by atoms with van der Waals surface area (Å²) in [7, 11) is 0. The number of aromatic nitrogens is 2. The van der Waals surface area contributed by atoms with Gasteiger partial charge in [-0.15, -0.1) is 0 Å². The Labute approximate surface area is 93.9 Å². The van der Waals surface area contributed by atoms with E-state index in [9.17, 15) is 0 Å². The fourth-order valence-corrected chi connectivity index (χ4v) is 1.79. The first-order valence-corrected chi connectivity index (χ1v) is 6.15. The number of anilines is 1. The predicted molar refractivity (Wildman–Crippen MR) is 62.4 cm³/mol. The number of nitrogens with zero attached hydrogens (tertiary/aromatic N) is 3. The third-order valence-corrected chi connectivity index (χ3v) is 2.67. The standard InChI is InChI=1S/C9H14ClN3S/c1-4-13(5-2)8-6-7(10)11-9(12-8)14-3/h6H,4-5H2,1-3H3. The molecule has 1 aromatic heterocycles. The van der Waals surface area contributed by atoms with Gasteiger partial charge in [0.1, 0.15) is 11.0 Å². The molecule has 0 radical (unpaired) electrons. The van der Waals surface area contributed by atoms with Gasteiger partial charge in [0.25, 0.3) is 0 Å². The quantitative estimate of drug-likeness (QED) is 0.453. The molecule has 0 fully saturated rings. The second-order valence-electron chi connectivity index (χ2n) is 2.71. The summed E-state index contributed by atoms with van der Waals surface area (Å²) in [6.07, 6.45) is 1.94. The van der Waals surface area contributed by atoms with Crippen LogP contribution in [0.3, 0.4) is 0 Å². The highest BCUT2D eigenvalue weighted by atomic mass is 35.5. The number of thioether (sulfide) groups is 1. The van der Waals surface area contributed by atoms with Crippen molar-refractivity contribution in [3.63, 3.8) is 0 Å². The van der Waals surface area contributed by atoms with Crippen molar-refractivity contribution in [2.24, 2.45) is 0 Å². The lowest BCUT2D eigenvalue weighted by Crippen LogP contribution is -2.23. The summed E-state index contributed by atoms with van der Waals surface area (Å²) in [6, 6.07) is 1.80. The molecule has 0 unspecified atom stereocenters. The first-order chi connectivity index (χ1) is 6.71. The summed E-state index contributed by atoms with van der Waals surface area (Å²) < 4.78 is 0. The molecule has 1 aromatic rings. The van der Waals surface area contributed by atoms with Gasteiger partial charge in [-0.3, -0.25) is 0 Å². The van der Waals surface area contributed by atoms with E-state index < -0.39 is 0 Å². The van der Waals surface area contributed by atoms with E-state index in [1.165, 1.54) is 11.8 Å². The summed E-state index contributed by atoms with van der Waals surface area (Å²) >= 11 is 7.40. The molecule has 78 valence electrons. The van der Waals surface area contributed by atoms with Gasteiger partial charge in [-0.2, -0.15) is 0 Å². The van der Waals surface area contributed by atoms with Gasteiger partial charge in [-0.25, -0.2) is 9.97 Å². The lowest BCUT2D eigenvalue weighted by atomic mass is 10.4. The number of halogens is 1. The summed E-state index contributed by atoms with van der Waals surface area (Å²) in [5, 5.41) is 1.23. The average molecular weight is 232 g/mol. The van der Waals surface area contributed by atoms with Gasteiger partial charge in [0, 0.05) is 19.2 Å². The van der Waals surface area contributed by atoms with E-state index in [2.05, 4.69) is 28.7 Å². The van der Waals surface area contributed by atoms with Gasteiger partial charge >= 0.3 is 0 Å². The molecule has 0 amide bonds. The Kier molecular flexibility index (Phi) is 4.48. The molecule has 5 heteroatoms. The molecule has 0 aromatic carbocycles. The largest absolute Gasteiger partial charge is 0.357 e. The zero-order chi connectivity index (χ0) is 10.6. The van der Waals surface area contributed by atoms with Crippen LogP contribution in [0.15, 0.2) is 11.2 Å². The predicted octanol–water partition coefficient (Wildman–Crippen LogP) is 2.70. The molecule has 0 aliphatic carbocycles. The van der Waals surface area contributed by atoms with Crippen molar-refractivity contribution in [3.05, 3.63) is 11.2 Å². The van der Waals surface area contributed by atoms with E-state index in [4.69, 9.17) is 11.6 Å². The van der Waals surface area contributed by atoms with Crippen LogP contribution in [0.4, 0.5) is 5.82 Å². The van der Waals surface area contributed by atoms with Crippen LogP contribution in [-0.4, -0.2) is 29.3 Å². The Bertz CT molecular complexity index is 302. The molecule has 1 rings (SSSR count). The molecule has 0 saturated carbocycles. The monoisotopic (exact) mass is 231 g/mol. The molecule has 0 aliphatic heterocycles. The first kappa shape index (κ1) is 11.6. The number of hydrogen-bond acceptors (Lipinski definition) is 4. The van der Waals surface area contributed by atoms with Crippen LogP contribution in [0.1, 0.15) is 13.8 Å². The molecular formula is C9H14ClN3S. The lowest BCUT2D eigenvalue weighted by molar-refractivity contribution is 0.819. The van der Waals surface area contributed by atoms with E-state index in [0.717, 1.165) is 24.1 Å². The molecule has 0 spiro atoms. The highest BCUT2D eigenvalue weighted by Gasteiger charge is 2.07. The fourth-order valence-electron chi connectivity index (χ4n) is 1.19. The average Bonchev–Trinajstić information content (AvgIpc) is 2.19. The molecule has 1 heterocycles. The molecule has 0 aliphatic rings. The van der Waals surface area contributed by atoms with Crippen LogP contribution in [0, 0.1) is 0 Å². The van der Waals surface area contributed by atoms with Crippen molar-refractivity contribution < 1.29 is 0 Å². The topological polar surface area (TPSA) is 29.0 Å². The van der Waals surface area contributed by atoms with Gasteiger partial charge < -0.3 is 4.90 Å². The van der Waals surface area contributed by atoms with Crippen LogP contribution >= 0.6 is 23.4 Å². The van der Waals surface area contributed by atoms with Gasteiger partial charge in [-0.05, 0) is 20.1 Å². The second kappa shape index (κ2) is 5.41. The maximum absolute atomic E-state index is 5.90. The van der Waals surface area contributed by atoms with E-state index >= 15 is 0 Å². The van der Waals surface area contributed by atoms with Crippen molar-refractivity contribution in [1.29, 1.82) is 0 Å². The van der Waals surface area contributed by atoms with Gasteiger partial charge in [0.05, 0.1) is 0 Å². The minimum Gasteiger partial charge on any atom is -0.357 e. The van der Waals surface area contributed by atoms with Crippen LogP contribution in [-0.2, 0) is 0 Å². The molecule has 0 saturated heterocycles. The normalized spacial score (nSPS) is 10.3. The van der Waals surface area contributed by atoms with Crippen LogP contribution in [0.5, 0.6) is 0 Å². The van der Waals surface area contributed by atoms with E-state index in [1.807, 2.05) is 6.26 Å². The Morgan fingerprint density at radius 3 is 2.50 bits per heavy atom. The Balaban J connectivity index is 3.01. The third kappa shape index (κ3) is 2.75. The zero-order valence-corrected chi connectivity index (χ0v) is 10.2. The van der Waals surface area contributed by atoms with Crippen LogP contribution in [0.2, 0.25) is 5.15 Å². The maximum Gasteiger partial charge on any atom is 0.190 e. The van der Waals surface area contributed by atoms with Crippen molar-refractivity contribution in [2.45, 2.75) is 19.0 Å². The van der Waals surface area contributed by atoms with E-state index in [0.29, 0.717) is 5.15 Å². The van der Waals surface area contributed by atoms with Crippen molar-refractivity contribution >= 4 is 29.2 Å². The Morgan fingerprint density at radius 2 is 2.00 bits per heavy atom. The molecule has 0 atom stereocenters. The zero-order valence-electron chi connectivity index (χ0n) is 8.62. The number of hydrogen-bond donors (Lipinski definition) is 0. The molecular weight excluding hydrogens is 218 g/mol. The highest BCUT2D eigenvalue weighted by molar-refractivity contribution is 7.98. The lowest BCUT2D eigenvalue weighted by Gasteiger charge is -2.19. The third-order valence-electron chi connectivity index (χ3n) is 1.93. The van der Waals surface area contributed by atoms with Crippen LogP contribution < -0.4 is 4.90 Å². The van der Waals surface area contributed by atoms with Crippen molar-refractivity contribution in [1.82, 2.24) is 9.97 Å². The molecule has 14 heavy (non-hydrogen) atoms. The minimum atomic E-state index is 0.506. The number of rotatable bonds is 4. The second-order valence-corrected chi connectivity index (χ2v) is 3.87. The van der Waals surface area contributed by atoms with Crippen molar-refractivity contribution in [3.8, 4) is 0 Å².